The first-order valence-corrected chi connectivity index (χ1v) is 13.1. The van der Waals surface area contributed by atoms with Crippen molar-refractivity contribution in [1.29, 1.82) is 0 Å². The van der Waals surface area contributed by atoms with E-state index >= 15 is 4.39 Å². The lowest BCUT2D eigenvalue weighted by molar-refractivity contribution is 0.306. The summed E-state index contributed by atoms with van der Waals surface area (Å²) in [7, 11) is 0. The molecule has 1 unspecified atom stereocenters. The molecular weight excluding hydrogens is 411 g/mol. The number of hydrogen-bond acceptors (Lipinski definition) is 2. The predicted molar refractivity (Wildman–Crippen MR) is 133 cm³/mol. The molecule has 176 valence electrons. The number of rotatable bonds is 4. The van der Waals surface area contributed by atoms with Crippen molar-refractivity contribution in [2.24, 2.45) is 17.8 Å². The van der Waals surface area contributed by atoms with Gasteiger partial charge in [0.2, 0.25) is 0 Å². The molecule has 0 N–H and O–H groups in total. The van der Waals surface area contributed by atoms with Crippen molar-refractivity contribution in [1.82, 2.24) is 0 Å². The van der Waals surface area contributed by atoms with Crippen LogP contribution in [-0.2, 0) is 0 Å². The molecule has 3 aliphatic carbocycles. The molecule has 3 aliphatic rings. The first-order valence-electron chi connectivity index (χ1n) is 13.1. The van der Waals surface area contributed by atoms with Crippen LogP contribution in [0.25, 0.3) is 10.8 Å². The Morgan fingerprint density at radius 3 is 2.33 bits per heavy atom. The fourth-order valence-corrected chi connectivity index (χ4v) is 6.57. The summed E-state index contributed by atoms with van der Waals surface area (Å²) in [6, 6.07) is 5.81. The quantitative estimate of drug-likeness (QED) is 0.439. The van der Waals surface area contributed by atoms with Gasteiger partial charge in [-0.1, -0.05) is 49.6 Å². The minimum atomic E-state index is -0.502. The summed E-state index contributed by atoms with van der Waals surface area (Å²) in [5.74, 6) is 2.88. The summed E-state index contributed by atoms with van der Waals surface area (Å²) in [4.78, 5) is 12.9. The summed E-state index contributed by atoms with van der Waals surface area (Å²) < 4.78 is 21.3. The highest BCUT2D eigenvalue weighted by Gasteiger charge is 2.29. The van der Waals surface area contributed by atoms with Crippen LogP contribution in [0.4, 0.5) is 4.39 Å². The second kappa shape index (κ2) is 9.60. The first kappa shape index (κ1) is 22.6. The van der Waals surface area contributed by atoms with Gasteiger partial charge in [0.15, 0.2) is 0 Å². The molecule has 2 fully saturated rings. The number of hydrogen-bond donors (Lipinski definition) is 0. The molecule has 0 radical (unpaired) electrons. The molecule has 1 aromatic heterocycles. The Balaban J connectivity index is 1.32. The van der Waals surface area contributed by atoms with E-state index in [-0.39, 0.29) is 23.0 Å². The molecule has 1 heterocycles. The van der Waals surface area contributed by atoms with Crippen LogP contribution in [0.1, 0.15) is 101 Å². The van der Waals surface area contributed by atoms with Gasteiger partial charge in [-0.3, -0.25) is 0 Å². The average molecular weight is 449 g/mol. The Labute approximate surface area is 197 Å². The van der Waals surface area contributed by atoms with Crippen LogP contribution in [-0.4, -0.2) is 0 Å². The van der Waals surface area contributed by atoms with Gasteiger partial charge in [-0.05, 0) is 98.5 Å². The Morgan fingerprint density at radius 1 is 0.970 bits per heavy atom. The van der Waals surface area contributed by atoms with E-state index in [4.69, 9.17) is 4.42 Å². The maximum atomic E-state index is 15.6. The highest BCUT2D eigenvalue weighted by Crippen LogP contribution is 2.43. The van der Waals surface area contributed by atoms with Crippen molar-refractivity contribution >= 4 is 10.8 Å². The van der Waals surface area contributed by atoms with Gasteiger partial charge in [-0.2, -0.15) is 0 Å². The minimum Gasteiger partial charge on any atom is -0.427 e. The Morgan fingerprint density at radius 2 is 1.67 bits per heavy atom. The molecule has 0 bridgehead atoms. The van der Waals surface area contributed by atoms with Gasteiger partial charge in [0.1, 0.15) is 17.0 Å². The highest BCUT2D eigenvalue weighted by molar-refractivity contribution is 5.83. The fourth-order valence-electron chi connectivity index (χ4n) is 6.57. The van der Waals surface area contributed by atoms with Crippen LogP contribution in [0.5, 0.6) is 0 Å². The maximum absolute atomic E-state index is 15.6. The van der Waals surface area contributed by atoms with Crippen molar-refractivity contribution in [2.75, 3.05) is 0 Å². The van der Waals surface area contributed by atoms with Crippen LogP contribution in [0.2, 0.25) is 0 Å². The Hall–Kier alpha value is -2.16. The van der Waals surface area contributed by atoms with Crippen molar-refractivity contribution in [3.8, 4) is 0 Å². The topological polar surface area (TPSA) is 30.2 Å². The molecule has 2 aromatic rings. The van der Waals surface area contributed by atoms with E-state index in [0.29, 0.717) is 22.8 Å². The van der Waals surface area contributed by atoms with Crippen molar-refractivity contribution in [3.05, 3.63) is 70.1 Å². The second-order valence-corrected chi connectivity index (χ2v) is 10.9. The van der Waals surface area contributed by atoms with Gasteiger partial charge in [-0.25, -0.2) is 9.18 Å². The summed E-state index contributed by atoms with van der Waals surface area (Å²) in [6.07, 6.45) is 16.6. The molecule has 2 nitrogen and oxygen atoms in total. The number of benzene rings is 1. The lowest BCUT2D eigenvalue weighted by atomic mass is 9.73. The zero-order valence-electron chi connectivity index (χ0n) is 20.0. The predicted octanol–water partition coefficient (Wildman–Crippen LogP) is 8.41. The van der Waals surface area contributed by atoms with E-state index in [1.807, 2.05) is 18.2 Å². The number of fused-ring (bicyclic) bond motifs is 1. The fraction of sp³-hybridized carbons (Fsp3) is 0.567. The third-order valence-electron chi connectivity index (χ3n) is 8.85. The van der Waals surface area contributed by atoms with Crippen LogP contribution < -0.4 is 5.63 Å². The van der Waals surface area contributed by atoms with Gasteiger partial charge >= 0.3 is 5.63 Å². The zero-order chi connectivity index (χ0) is 22.9. The largest absolute Gasteiger partial charge is 0.427 e. The Kier molecular flexibility index (Phi) is 6.58. The van der Waals surface area contributed by atoms with E-state index in [9.17, 15) is 4.79 Å². The second-order valence-electron chi connectivity index (χ2n) is 10.9. The van der Waals surface area contributed by atoms with Crippen LogP contribution in [0.15, 0.2) is 51.7 Å². The molecule has 0 saturated heterocycles. The standard InChI is InChI=1S/C30H37FO2/c1-3-20-6-10-21(11-7-20)22-12-14-23(15-13-22)26-17-16-25-18-27(24-8-4-19(2)5-9-24)33-30(32)28(25)29(26)31/h3,10,16-20,22-24H,1,4-9,11-15H2,2H3. The van der Waals surface area contributed by atoms with Gasteiger partial charge in [0.25, 0.3) is 0 Å². The smallest absolute Gasteiger partial charge is 0.346 e. The molecule has 3 heteroatoms. The first-order chi connectivity index (χ1) is 16.0. The van der Waals surface area contributed by atoms with Crippen molar-refractivity contribution in [2.45, 2.75) is 89.4 Å². The van der Waals surface area contributed by atoms with Gasteiger partial charge < -0.3 is 4.42 Å². The molecule has 2 saturated carbocycles. The number of allylic oxidation sites excluding steroid dienone is 3. The van der Waals surface area contributed by atoms with E-state index in [2.05, 4.69) is 25.7 Å². The van der Waals surface area contributed by atoms with Crippen molar-refractivity contribution < 1.29 is 8.81 Å². The summed E-state index contributed by atoms with van der Waals surface area (Å²) in [5.41, 5.74) is 1.81. The van der Waals surface area contributed by atoms with Crippen molar-refractivity contribution in [3.63, 3.8) is 0 Å². The molecular formula is C30H37FO2. The minimum absolute atomic E-state index is 0.146. The summed E-state index contributed by atoms with van der Waals surface area (Å²) in [5, 5.41) is 0.840. The van der Waals surface area contributed by atoms with Crippen LogP contribution in [0, 0.1) is 23.6 Å². The van der Waals surface area contributed by atoms with Gasteiger partial charge in [-0.15, -0.1) is 6.58 Å². The monoisotopic (exact) mass is 448 g/mol. The molecule has 0 spiro atoms. The maximum Gasteiger partial charge on any atom is 0.346 e. The summed E-state index contributed by atoms with van der Waals surface area (Å²) in [6.45, 7) is 6.22. The highest BCUT2D eigenvalue weighted by atomic mass is 19.1. The average Bonchev–Trinajstić information content (AvgIpc) is 2.84. The molecule has 5 rings (SSSR count). The number of halogens is 1. The molecule has 33 heavy (non-hydrogen) atoms. The van der Waals surface area contributed by atoms with Crippen LogP contribution >= 0.6 is 0 Å². The summed E-state index contributed by atoms with van der Waals surface area (Å²) >= 11 is 0. The van der Waals surface area contributed by atoms with E-state index < -0.39 is 5.63 Å². The molecule has 1 atom stereocenters. The van der Waals surface area contributed by atoms with E-state index in [1.165, 1.54) is 12.8 Å². The normalized spacial score (nSPS) is 30.7. The zero-order valence-corrected chi connectivity index (χ0v) is 20.0. The third-order valence-corrected chi connectivity index (χ3v) is 8.85. The van der Waals surface area contributed by atoms with E-state index in [0.717, 1.165) is 69.5 Å². The van der Waals surface area contributed by atoms with E-state index in [1.54, 1.807) is 5.57 Å². The Bertz CT molecular complexity index is 1090. The molecule has 0 amide bonds. The lowest BCUT2D eigenvalue weighted by Gasteiger charge is -2.33. The molecule has 0 aliphatic heterocycles. The van der Waals surface area contributed by atoms with Gasteiger partial charge in [0, 0.05) is 5.92 Å². The van der Waals surface area contributed by atoms with Crippen LogP contribution in [0.3, 0.4) is 0 Å². The van der Waals surface area contributed by atoms with Gasteiger partial charge in [0.05, 0.1) is 0 Å². The lowest BCUT2D eigenvalue weighted by Crippen LogP contribution is -2.19. The third kappa shape index (κ3) is 4.61. The SMILES string of the molecule is C=CC1CC=C(C2CCC(c3ccc4cc(C5CCC(C)CC5)oc(=O)c4c3F)CC2)CC1. The molecule has 1 aromatic carbocycles.